The summed E-state index contributed by atoms with van der Waals surface area (Å²) in [6.45, 7) is 2.50. The number of carboxylic acid groups (broad SMARTS) is 1. The Kier molecular flexibility index (Phi) is 9.08. The second kappa shape index (κ2) is 11.8. The fraction of sp³-hybridized carbons (Fsp3) is 0.455. The Labute approximate surface area is 169 Å². The van der Waals surface area contributed by atoms with Gasteiger partial charge in [-0.1, -0.05) is 26.2 Å². The van der Waals surface area contributed by atoms with Crippen LogP contribution in [0.15, 0.2) is 39.7 Å². The number of carbonyl (C=O) groups is 1. The van der Waals surface area contributed by atoms with E-state index in [-0.39, 0.29) is 23.5 Å². The Morgan fingerprint density at radius 1 is 1.17 bits per heavy atom. The molecule has 0 fully saturated rings. The fourth-order valence-electron chi connectivity index (χ4n) is 2.78. The van der Waals surface area contributed by atoms with Crippen LogP contribution in [0.5, 0.6) is 17.2 Å². The first-order valence-corrected chi connectivity index (χ1v) is 9.99. The van der Waals surface area contributed by atoms with Crippen LogP contribution in [-0.4, -0.2) is 22.8 Å². The number of hydrogen-bond donors (Lipinski definition) is 2. The number of carboxylic acids is 1. The van der Waals surface area contributed by atoms with Crippen LogP contribution in [0.1, 0.15) is 58.3 Å². The van der Waals surface area contributed by atoms with Gasteiger partial charge in [-0.3, -0.25) is 4.79 Å². The summed E-state index contributed by atoms with van der Waals surface area (Å²) < 4.78 is 16.1. The highest BCUT2D eigenvalue weighted by Gasteiger charge is 2.15. The summed E-state index contributed by atoms with van der Waals surface area (Å²) in [5.41, 5.74) is -0.533. The van der Waals surface area contributed by atoms with E-state index in [0.29, 0.717) is 30.6 Å². The third-order valence-electron chi connectivity index (χ3n) is 4.37. The number of aromatic hydroxyl groups is 1. The second-order valence-electron chi connectivity index (χ2n) is 6.76. The lowest BCUT2D eigenvalue weighted by atomic mass is 10.1. The summed E-state index contributed by atoms with van der Waals surface area (Å²) in [6.07, 6.45) is 9.79. The first-order chi connectivity index (χ1) is 14.0. The molecule has 158 valence electrons. The molecule has 1 aromatic carbocycles. The number of allylic oxidation sites excluding steroid dienone is 1. The van der Waals surface area contributed by atoms with Crippen LogP contribution in [0.25, 0.3) is 11.0 Å². The normalized spacial score (nSPS) is 11.2. The van der Waals surface area contributed by atoms with E-state index in [1.165, 1.54) is 25.2 Å². The van der Waals surface area contributed by atoms with Gasteiger partial charge in [0, 0.05) is 6.42 Å². The fourth-order valence-corrected chi connectivity index (χ4v) is 2.78. The highest BCUT2D eigenvalue weighted by molar-refractivity contribution is 5.86. The topological polar surface area (TPSA) is 106 Å². The molecule has 0 aliphatic rings. The van der Waals surface area contributed by atoms with E-state index >= 15 is 0 Å². The maximum Gasteiger partial charge on any atom is 0.383 e. The van der Waals surface area contributed by atoms with Crippen LogP contribution in [-0.2, 0) is 4.79 Å². The molecule has 0 aliphatic carbocycles. The summed E-state index contributed by atoms with van der Waals surface area (Å²) in [7, 11) is 0. The van der Waals surface area contributed by atoms with Gasteiger partial charge >= 0.3 is 11.6 Å². The number of ether oxygens (including phenoxy) is 2. The van der Waals surface area contributed by atoms with Gasteiger partial charge in [-0.2, -0.15) is 0 Å². The van der Waals surface area contributed by atoms with Crippen molar-refractivity contribution in [3.05, 3.63) is 41.0 Å². The van der Waals surface area contributed by atoms with E-state index in [0.717, 1.165) is 19.3 Å². The van der Waals surface area contributed by atoms with Crippen molar-refractivity contribution in [1.82, 2.24) is 0 Å². The first-order valence-electron chi connectivity index (χ1n) is 9.99. The Balaban J connectivity index is 2.02. The van der Waals surface area contributed by atoms with E-state index in [4.69, 9.17) is 19.0 Å². The molecule has 7 nitrogen and oxygen atoms in total. The maximum atomic E-state index is 12.1. The zero-order valence-electron chi connectivity index (χ0n) is 16.7. The van der Waals surface area contributed by atoms with E-state index in [9.17, 15) is 14.7 Å². The molecule has 0 bridgehead atoms. The molecular formula is C22H28O7. The molecule has 2 rings (SSSR count). The van der Waals surface area contributed by atoms with Gasteiger partial charge in [0.15, 0.2) is 5.75 Å². The van der Waals surface area contributed by atoms with Crippen molar-refractivity contribution < 1.29 is 28.9 Å². The molecule has 7 heteroatoms. The molecule has 0 amide bonds. The monoisotopic (exact) mass is 404 g/mol. The SMILES string of the molecule is CCCCCC/C=C/Oc1c(O)c2cc(OCCCCC(=O)O)ccc2oc1=O. The van der Waals surface area contributed by atoms with Crippen LogP contribution in [0.4, 0.5) is 0 Å². The Morgan fingerprint density at radius 3 is 2.76 bits per heavy atom. The quantitative estimate of drug-likeness (QED) is 0.275. The molecule has 0 atom stereocenters. The average Bonchev–Trinajstić information content (AvgIpc) is 2.69. The van der Waals surface area contributed by atoms with E-state index in [1.807, 2.05) is 6.08 Å². The molecule has 1 aromatic heterocycles. The third-order valence-corrected chi connectivity index (χ3v) is 4.37. The van der Waals surface area contributed by atoms with Gasteiger partial charge in [0.2, 0.25) is 0 Å². The minimum absolute atomic E-state index is 0.0971. The summed E-state index contributed by atoms with van der Waals surface area (Å²) in [6, 6.07) is 4.72. The molecule has 2 N–H and O–H groups in total. The molecule has 29 heavy (non-hydrogen) atoms. The molecule has 1 heterocycles. The molecule has 0 saturated heterocycles. The molecule has 0 radical (unpaired) electrons. The van der Waals surface area contributed by atoms with Crippen LogP contribution >= 0.6 is 0 Å². The van der Waals surface area contributed by atoms with E-state index < -0.39 is 11.6 Å². The number of fused-ring (bicyclic) bond motifs is 1. The van der Waals surface area contributed by atoms with Crippen LogP contribution in [0.3, 0.4) is 0 Å². The average molecular weight is 404 g/mol. The molecule has 0 unspecified atom stereocenters. The zero-order chi connectivity index (χ0) is 21.1. The Hall–Kier alpha value is -2.96. The minimum Gasteiger partial charge on any atom is -0.504 e. The van der Waals surface area contributed by atoms with Gasteiger partial charge in [-0.25, -0.2) is 4.79 Å². The standard InChI is InChI=1S/C22H28O7/c1-2-3-4-5-6-8-14-28-21-20(25)17-15-16(11-12-18(17)29-22(21)26)27-13-9-7-10-19(23)24/h8,11-12,14-15,25H,2-7,9-10,13H2,1H3,(H,23,24)/b14-8+. The summed E-state index contributed by atoms with van der Waals surface area (Å²) in [4.78, 5) is 22.6. The Bertz CT molecular complexity index is 883. The predicted octanol–water partition coefficient (Wildman–Crippen LogP) is 5.00. The number of aliphatic carboxylic acids is 1. The van der Waals surface area contributed by atoms with E-state index in [2.05, 4.69) is 6.92 Å². The minimum atomic E-state index is -0.835. The van der Waals surface area contributed by atoms with Crippen molar-refractivity contribution >= 4 is 16.9 Å². The summed E-state index contributed by atoms with van der Waals surface area (Å²) >= 11 is 0. The van der Waals surface area contributed by atoms with Gasteiger partial charge in [-0.05, 0) is 50.0 Å². The zero-order valence-corrected chi connectivity index (χ0v) is 16.7. The predicted molar refractivity (Wildman–Crippen MR) is 110 cm³/mol. The largest absolute Gasteiger partial charge is 0.504 e. The second-order valence-corrected chi connectivity index (χ2v) is 6.76. The number of hydrogen-bond acceptors (Lipinski definition) is 6. The van der Waals surface area contributed by atoms with Crippen LogP contribution in [0.2, 0.25) is 0 Å². The molecule has 0 spiro atoms. The van der Waals surface area contributed by atoms with Crippen molar-refractivity contribution in [1.29, 1.82) is 0 Å². The van der Waals surface area contributed by atoms with Gasteiger partial charge in [-0.15, -0.1) is 0 Å². The summed E-state index contributed by atoms with van der Waals surface area (Å²) in [5, 5.41) is 19.4. The lowest BCUT2D eigenvalue weighted by Gasteiger charge is -2.09. The van der Waals surface area contributed by atoms with Crippen LogP contribution < -0.4 is 15.1 Å². The van der Waals surface area contributed by atoms with Gasteiger partial charge < -0.3 is 24.1 Å². The molecular weight excluding hydrogens is 376 g/mol. The number of rotatable bonds is 13. The number of unbranched alkanes of at least 4 members (excludes halogenated alkanes) is 5. The smallest absolute Gasteiger partial charge is 0.383 e. The Morgan fingerprint density at radius 2 is 2.00 bits per heavy atom. The summed E-state index contributed by atoms with van der Waals surface area (Å²) in [5.74, 6) is -0.920. The van der Waals surface area contributed by atoms with Crippen molar-refractivity contribution in [3.8, 4) is 17.2 Å². The van der Waals surface area contributed by atoms with Crippen molar-refractivity contribution in [2.24, 2.45) is 0 Å². The van der Waals surface area contributed by atoms with Crippen molar-refractivity contribution in [3.63, 3.8) is 0 Å². The lowest BCUT2D eigenvalue weighted by molar-refractivity contribution is -0.137. The molecule has 0 aliphatic heterocycles. The third kappa shape index (κ3) is 7.18. The van der Waals surface area contributed by atoms with Crippen molar-refractivity contribution in [2.75, 3.05) is 6.61 Å². The van der Waals surface area contributed by atoms with Gasteiger partial charge in [0.1, 0.15) is 11.3 Å². The number of benzene rings is 1. The molecule has 0 saturated carbocycles. The first kappa shape index (κ1) is 22.3. The van der Waals surface area contributed by atoms with Gasteiger partial charge in [0.25, 0.3) is 5.75 Å². The van der Waals surface area contributed by atoms with E-state index in [1.54, 1.807) is 12.1 Å². The molecule has 2 aromatic rings. The highest BCUT2D eigenvalue weighted by atomic mass is 16.5. The van der Waals surface area contributed by atoms with Gasteiger partial charge in [0.05, 0.1) is 18.3 Å². The van der Waals surface area contributed by atoms with Crippen molar-refractivity contribution in [2.45, 2.75) is 58.3 Å². The lowest BCUT2D eigenvalue weighted by Crippen LogP contribution is -2.04. The highest BCUT2D eigenvalue weighted by Crippen LogP contribution is 2.33. The van der Waals surface area contributed by atoms with Crippen LogP contribution in [0, 0.1) is 0 Å². The maximum absolute atomic E-state index is 12.1.